The summed E-state index contributed by atoms with van der Waals surface area (Å²) in [5.41, 5.74) is 0. The summed E-state index contributed by atoms with van der Waals surface area (Å²) in [4.78, 5) is 23.5. The Kier molecular flexibility index (Phi) is 65.8. The highest BCUT2D eigenvalue weighted by atomic mass is 31.2. The first-order chi connectivity index (χ1) is 42.5. The summed E-state index contributed by atoms with van der Waals surface area (Å²) >= 11 is 0. The topological polar surface area (TPSA) is 105 Å². The van der Waals surface area contributed by atoms with E-state index in [1.807, 2.05) is 27.2 Å². The van der Waals surface area contributed by atoms with Crippen molar-refractivity contribution in [2.45, 2.75) is 353 Å². The molecule has 0 rings (SSSR count). The Labute approximate surface area is 540 Å². The number of hydrogen-bond donors (Lipinski definition) is 3. The van der Waals surface area contributed by atoms with Crippen LogP contribution in [0, 0.1) is 0 Å². The van der Waals surface area contributed by atoms with E-state index < -0.39 is 20.0 Å². The van der Waals surface area contributed by atoms with Gasteiger partial charge in [-0.2, -0.15) is 0 Å². The van der Waals surface area contributed by atoms with Crippen molar-refractivity contribution in [2.24, 2.45) is 0 Å². The third-order valence-electron chi connectivity index (χ3n) is 16.6. The molecule has 3 atom stereocenters. The molecule has 1 amide bonds. The number of phosphoric ester groups is 1. The van der Waals surface area contributed by atoms with E-state index in [2.05, 4.69) is 104 Å². The van der Waals surface area contributed by atoms with Crippen LogP contribution in [-0.2, 0) is 18.4 Å². The lowest BCUT2D eigenvalue weighted by molar-refractivity contribution is -0.870. The van der Waals surface area contributed by atoms with Crippen LogP contribution in [0.4, 0.5) is 0 Å². The normalized spacial score (nSPS) is 14.1. The minimum absolute atomic E-state index is 0.0577. The molecule has 3 N–H and O–H groups in total. The van der Waals surface area contributed by atoms with E-state index in [0.29, 0.717) is 17.4 Å². The zero-order valence-electron chi connectivity index (χ0n) is 58.0. The monoisotopic (exact) mass is 1240 g/mol. The van der Waals surface area contributed by atoms with Gasteiger partial charge in [-0.25, -0.2) is 4.57 Å². The molecular formula is C78H144N2O6P+. The number of allylic oxidation sites excluding steroid dienone is 15. The second-order valence-corrected chi connectivity index (χ2v) is 27.7. The largest absolute Gasteiger partial charge is 0.472 e. The number of nitrogens with zero attached hydrogens (tertiary/aromatic N) is 1. The predicted octanol–water partition coefficient (Wildman–Crippen LogP) is 24.1. The first kappa shape index (κ1) is 84.4. The molecule has 506 valence electrons. The van der Waals surface area contributed by atoms with Gasteiger partial charge in [0.2, 0.25) is 5.91 Å². The van der Waals surface area contributed by atoms with Gasteiger partial charge in [0.05, 0.1) is 39.9 Å². The van der Waals surface area contributed by atoms with Crippen LogP contribution >= 0.6 is 7.82 Å². The summed E-state index contributed by atoms with van der Waals surface area (Å²) in [5, 5.41) is 14.0. The molecule has 0 heterocycles. The maximum atomic E-state index is 13.1. The zero-order valence-corrected chi connectivity index (χ0v) is 58.9. The number of aliphatic hydroxyl groups is 1. The highest BCUT2D eigenvalue weighted by molar-refractivity contribution is 7.47. The van der Waals surface area contributed by atoms with Crippen molar-refractivity contribution in [1.29, 1.82) is 0 Å². The Morgan fingerprint density at radius 3 is 1.01 bits per heavy atom. The molecule has 0 radical (unpaired) electrons. The average molecular weight is 1240 g/mol. The van der Waals surface area contributed by atoms with Gasteiger partial charge in [0.15, 0.2) is 0 Å². The van der Waals surface area contributed by atoms with Crippen LogP contribution < -0.4 is 5.32 Å². The van der Waals surface area contributed by atoms with Crippen LogP contribution in [0.15, 0.2) is 97.2 Å². The molecule has 0 aromatic rings. The van der Waals surface area contributed by atoms with Gasteiger partial charge in [0, 0.05) is 6.42 Å². The van der Waals surface area contributed by atoms with E-state index in [4.69, 9.17) is 9.05 Å². The van der Waals surface area contributed by atoms with E-state index in [0.717, 1.165) is 83.5 Å². The number of hydrogen-bond acceptors (Lipinski definition) is 5. The van der Waals surface area contributed by atoms with E-state index in [1.54, 1.807) is 6.08 Å². The van der Waals surface area contributed by atoms with Crippen LogP contribution in [-0.4, -0.2) is 73.4 Å². The van der Waals surface area contributed by atoms with Crippen LogP contribution in [0.3, 0.4) is 0 Å². The average Bonchev–Trinajstić information content (AvgIpc) is 3.71. The van der Waals surface area contributed by atoms with E-state index >= 15 is 0 Å². The molecule has 0 aromatic heterocycles. The van der Waals surface area contributed by atoms with E-state index in [-0.39, 0.29) is 19.1 Å². The second kappa shape index (κ2) is 67.8. The molecule has 0 aromatic carbocycles. The molecule has 0 saturated carbocycles. The molecule has 3 unspecified atom stereocenters. The lowest BCUT2D eigenvalue weighted by Gasteiger charge is -2.25. The van der Waals surface area contributed by atoms with Gasteiger partial charge < -0.3 is 19.8 Å². The number of rotatable bonds is 68. The number of aliphatic hydroxyl groups excluding tert-OH is 1. The van der Waals surface area contributed by atoms with Gasteiger partial charge in [-0.05, 0) is 77.0 Å². The van der Waals surface area contributed by atoms with Crippen molar-refractivity contribution in [3.8, 4) is 0 Å². The molecule has 0 aliphatic rings. The van der Waals surface area contributed by atoms with Crippen molar-refractivity contribution in [2.75, 3.05) is 40.9 Å². The number of phosphoric acid groups is 1. The standard InChI is InChI=1S/C78H143N2O6P/c1-6-8-10-12-14-16-18-20-22-24-26-28-30-32-34-36-38-40-42-44-46-48-50-52-54-56-58-60-62-64-66-68-70-72-78(82)79-76(75-86-87(83,84)85-74-73-80(3,4)5)77(81)71-69-67-65-63-61-59-57-55-53-51-49-47-45-43-41-39-37-35-33-31-29-27-25-23-21-19-17-15-13-11-9-7-2/h8,10,14,16,20,22,26,28,32,34,38,40,44,46,69,71,76-77,81H,6-7,9,11-13,15,17-19,21,23-25,27,29-31,33,35-37,39,41-43,45,47-68,70,72-75H2,1-5H3,(H-,79,82,83,84)/p+1/b10-8-,16-14-,22-20-,28-26-,34-32-,40-38-,46-44-,71-69+. The minimum atomic E-state index is -4.36. The molecule has 8 nitrogen and oxygen atoms in total. The van der Waals surface area contributed by atoms with Gasteiger partial charge in [0.25, 0.3) is 0 Å². The third kappa shape index (κ3) is 70.7. The summed E-state index contributed by atoms with van der Waals surface area (Å²) in [6.45, 7) is 4.73. The summed E-state index contributed by atoms with van der Waals surface area (Å²) in [5.74, 6) is -0.179. The first-order valence-corrected chi connectivity index (χ1v) is 38.6. The predicted molar refractivity (Wildman–Crippen MR) is 383 cm³/mol. The summed E-state index contributed by atoms with van der Waals surface area (Å²) in [6, 6.07) is -0.856. The molecule has 0 aliphatic carbocycles. The van der Waals surface area contributed by atoms with Gasteiger partial charge in [-0.3, -0.25) is 13.8 Å². The SMILES string of the molecule is CC/C=C\C/C=C\C/C=C\C/C=C\C/C=C\C/C=C\C/C=C\CCCCCCCCCCCCCC(=O)NC(COP(=O)(O)OCC[N+](C)(C)C)C(O)/C=C/CCCCCCCCCCCCCCCCCCCCCCCCCCCCCCCC. The van der Waals surface area contributed by atoms with Crippen molar-refractivity contribution < 1.29 is 32.9 Å². The molecule has 0 aliphatic heterocycles. The molecular weight excluding hydrogens is 1090 g/mol. The number of quaternary nitrogens is 1. The fourth-order valence-corrected chi connectivity index (χ4v) is 11.6. The highest BCUT2D eigenvalue weighted by Gasteiger charge is 2.28. The quantitative estimate of drug-likeness (QED) is 0.0243. The van der Waals surface area contributed by atoms with Crippen molar-refractivity contribution in [3.63, 3.8) is 0 Å². The molecule has 0 fully saturated rings. The van der Waals surface area contributed by atoms with Crippen LogP contribution in [0.2, 0.25) is 0 Å². The lowest BCUT2D eigenvalue weighted by Crippen LogP contribution is -2.45. The van der Waals surface area contributed by atoms with Crippen LogP contribution in [0.5, 0.6) is 0 Å². The van der Waals surface area contributed by atoms with Gasteiger partial charge in [0.1, 0.15) is 13.2 Å². The Bertz CT molecular complexity index is 1740. The van der Waals surface area contributed by atoms with Gasteiger partial charge >= 0.3 is 7.82 Å². The Morgan fingerprint density at radius 2 is 0.690 bits per heavy atom. The summed E-state index contributed by atoms with van der Waals surface area (Å²) < 4.78 is 23.9. The van der Waals surface area contributed by atoms with Crippen LogP contribution in [0.25, 0.3) is 0 Å². The lowest BCUT2D eigenvalue weighted by atomic mass is 10.0. The zero-order chi connectivity index (χ0) is 63.4. The maximum Gasteiger partial charge on any atom is 0.472 e. The van der Waals surface area contributed by atoms with Crippen molar-refractivity contribution >= 4 is 13.7 Å². The molecule has 0 saturated heterocycles. The number of carbonyl (C=O) groups is 1. The number of likely N-dealkylation sites (N-methyl/N-ethyl adjacent to an activating group) is 1. The second-order valence-electron chi connectivity index (χ2n) is 26.3. The van der Waals surface area contributed by atoms with Gasteiger partial charge in [-0.15, -0.1) is 0 Å². The number of nitrogens with one attached hydrogen (secondary N) is 1. The van der Waals surface area contributed by atoms with E-state index in [9.17, 15) is 19.4 Å². The summed E-state index contributed by atoms with van der Waals surface area (Å²) in [6.07, 6.45) is 98.5. The third-order valence-corrected chi connectivity index (χ3v) is 17.5. The molecule has 9 heteroatoms. The fourth-order valence-electron chi connectivity index (χ4n) is 10.9. The Morgan fingerprint density at radius 1 is 0.402 bits per heavy atom. The maximum absolute atomic E-state index is 13.1. The molecule has 0 spiro atoms. The van der Waals surface area contributed by atoms with Crippen molar-refractivity contribution in [3.05, 3.63) is 97.2 Å². The number of amides is 1. The van der Waals surface area contributed by atoms with Crippen molar-refractivity contribution in [1.82, 2.24) is 5.32 Å². The summed E-state index contributed by atoms with van der Waals surface area (Å²) in [7, 11) is 1.57. The van der Waals surface area contributed by atoms with Crippen LogP contribution in [0.1, 0.15) is 341 Å². The molecule has 0 bridgehead atoms. The number of carbonyl (C=O) groups excluding carboxylic acids is 1. The highest BCUT2D eigenvalue weighted by Crippen LogP contribution is 2.43. The fraction of sp³-hybridized carbons (Fsp3) is 0.782. The Balaban J connectivity index is 4.07. The smallest absolute Gasteiger partial charge is 0.387 e. The first-order valence-electron chi connectivity index (χ1n) is 37.1. The molecule has 87 heavy (non-hydrogen) atoms. The Hall–Kier alpha value is -2.58. The van der Waals surface area contributed by atoms with Gasteiger partial charge in [-0.1, -0.05) is 355 Å². The minimum Gasteiger partial charge on any atom is -0.387 e. The van der Waals surface area contributed by atoms with E-state index in [1.165, 1.54) is 238 Å². The number of unbranched alkanes of at least 4 members (excludes halogenated alkanes) is 41.